The van der Waals surface area contributed by atoms with Gasteiger partial charge in [-0.15, -0.1) is 0 Å². The topological polar surface area (TPSA) is 102 Å². The van der Waals surface area contributed by atoms with Crippen molar-refractivity contribution in [3.63, 3.8) is 0 Å². The Kier molecular flexibility index (Phi) is 5.18. The molecule has 2 aliphatic heterocycles. The Hall–Kier alpha value is -3.63. The van der Waals surface area contributed by atoms with Crippen molar-refractivity contribution in [1.29, 1.82) is 0 Å². The fraction of sp³-hybridized carbons (Fsp3) is 0.261. The number of aromatic nitrogens is 3. The summed E-state index contributed by atoms with van der Waals surface area (Å²) in [6, 6.07) is 10.8. The smallest absolute Gasteiger partial charge is 0.202 e. The monoisotopic (exact) mass is 451 g/mol. The molecule has 2 aromatic carbocycles. The van der Waals surface area contributed by atoms with Crippen LogP contribution >= 0.6 is 0 Å². The molecule has 5 rings (SSSR count). The second-order valence-corrected chi connectivity index (χ2v) is 8.01. The lowest BCUT2D eigenvalue weighted by Crippen LogP contribution is -2.49. The van der Waals surface area contributed by atoms with Gasteiger partial charge in [-0.2, -0.15) is 5.10 Å². The van der Waals surface area contributed by atoms with Gasteiger partial charge in [0.15, 0.2) is 5.82 Å². The molecule has 4 N–H and O–H groups in total. The molecule has 0 spiro atoms. The molecule has 10 heteroatoms. The number of anilines is 1. The lowest BCUT2D eigenvalue weighted by atomic mass is 9.93. The summed E-state index contributed by atoms with van der Waals surface area (Å²) in [6.07, 6.45) is 1.48. The minimum Gasteiger partial charge on any atom is -0.363 e. The maximum atomic E-state index is 14.8. The van der Waals surface area contributed by atoms with E-state index in [9.17, 15) is 8.78 Å². The first-order chi connectivity index (χ1) is 15.9. The molecule has 33 heavy (non-hydrogen) atoms. The number of nitrogens with zero attached hydrogens (tertiary/aromatic N) is 4. The van der Waals surface area contributed by atoms with Gasteiger partial charge in [-0.05, 0) is 49.2 Å². The van der Waals surface area contributed by atoms with E-state index in [-0.39, 0.29) is 5.82 Å². The zero-order valence-corrected chi connectivity index (χ0v) is 18.1. The van der Waals surface area contributed by atoms with Gasteiger partial charge in [-0.25, -0.2) is 23.4 Å². The maximum absolute atomic E-state index is 14.8. The van der Waals surface area contributed by atoms with Crippen LogP contribution in [0, 0.1) is 18.6 Å². The van der Waals surface area contributed by atoms with Crippen LogP contribution in [0.5, 0.6) is 0 Å². The van der Waals surface area contributed by atoms with E-state index < -0.39 is 17.6 Å². The standard InChI is InChI=1S/C23H23F2N7O/c1-3-23(26)17-11-33-21(14-4-6-15(24)7-5-14)20(17)30-22(31-23)29-16-8-9-19(18(25)10-16)32-13(2)27-12-28-32/h4-10,12,21H,3,11,26H2,1-2H3,(H2,29,30,31). The highest BCUT2D eigenvalue weighted by Crippen LogP contribution is 2.40. The number of guanidine groups is 1. The number of aliphatic imine (C=N–C) groups is 1. The molecule has 2 atom stereocenters. The van der Waals surface area contributed by atoms with E-state index in [2.05, 4.69) is 25.7 Å². The van der Waals surface area contributed by atoms with Gasteiger partial charge in [-0.1, -0.05) is 19.1 Å². The zero-order valence-electron chi connectivity index (χ0n) is 18.1. The molecule has 3 aromatic rings. The molecular formula is C23H23F2N7O. The molecule has 170 valence electrons. The summed E-state index contributed by atoms with van der Waals surface area (Å²) in [6.45, 7) is 4.00. The molecule has 0 bridgehead atoms. The van der Waals surface area contributed by atoms with Gasteiger partial charge >= 0.3 is 0 Å². The first kappa shape index (κ1) is 21.2. The fourth-order valence-corrected chi connectivity index (χ4v) is 4.09. The summed E-state index contributed by atoms with van der Waals surface area (Å²) in [5, 5.41) is 10.4. The van der Waals surface area contributed by atoms with Gasteiger partial charge in [0.05, 0.1) is 12.3 Å². The molecule has 0 saturated heterocycles. The number of nitrogens with one attached hydrogen (secondary N) is 2. The van der Waals surface area contributed by atoms with Crippen molar-refractivity contribution in [2.24, 2.45) is 10.7 Å². The molecular weight excluding hydrogens is 428 g/mol. The third-order valence-electron chi connectivity index (χ3n) is 5.94. The Morgan fingerprint density at radius 3 is 2.70 bits per heavy atom. The third kappa shape index (κ3) is 3.77. The van der Waals surface area contributed by atoms with E-state index in [1.54, 1.807) is 31.2 Å². The number of nitrogens with two attached hydrogens (primary N) is 1. The minimum absolute atomic E-state index is 0.293. The highest BCUT2D eigenvalue weighted by molar-refractivity contribution is 5.96. The molecule has 0 radical (unpaired) electrons. The van der Waals surface area contributed by atoms with Crippen molar-refractivity contribution in [2.75, 3.05) is 11.9 Å². The van der Waals surface area contributed by atoms with E-state index in [0.717, 1.165) is 16.8 Å². The number of aryl methyl sites for hydroxylation is 1. The number of hydrogen-bond acceptors (Lipinski definition) is 7. The van der Waals surface area contributed by atoms with Crippen molar-refractivity contribution in [3.05, 3.63) is 83.1 Å². The van der Waals surface area contributed by atoms with Crippen LogP contribution in [0.2, 0.25) is 0 Å². The molecule has 0 aliphatic carbocycles. The van der Waals surface area contributed by atoms with Gasteiger partial charge in [-0.3, -0.25) is 0 Å². The number of rotatable bonds is 4. The highest BCUT2D eigenvalue weighted by atomic mass is 19.1. The summed E-state index contributed by atoms with van der Waals surface area (Å²) in [4.78, 5) is 8.68. The maximum Gasteiger partial charge on any atom is 0.202 e. The first-order valence-corrected chi connectivity index (χ1v) is 10.6. The average molecular weight is 451 g/mol. The third-order valence-corrected chi connectivity index (χ3v) is 5.94. The van der Waals surface area contributed by atoms with E-state index in [4.69, 9.17) is 10.5 Å². The van der Waals surface area contributed by atoms with Gasteiger partial charge in [0.1, 0.15) is 35.4 Å². The predicted molar refractivity (Wildman–Crippen MR) is 120 cm³/mol. The molecule has 1 aromatic heterocycles. The lowest BCUT2D eigenvalue weighted by molar-refractivity contribution is 0.116. The summed E-state index contributed by atoms with van der Waals surface area (Å²) in [7, 11) is 0. The van der Waals surface area contributed by atoms with Crippen molar-refractivity contribution < 1.29 is 13.5 Å². The Balaban J connectivity index is 1.43. The fourth-order valence-electron chi connectivity index (χ4n) is 4.09. The molecule has 3 heterocycles. The largest absolute Gasteiger partial charge is 0.363 e. The summed E-state index contributed by atoms with van der Waals surface area (Å²) in [5.41, 5.74) is 8.83. The van der Waals surface area contributed by atoms with Crippen LogP contribution in [0.3, 0.4) is 0 Å². The lowest BCUT2D eigenvalue weighted by Gasteiger charge is -2.32. The Morgan fingerprint density at radius 2 is 2.03 bits per heavy atom. The summed E-state index contributed by atoms with van der Waals surface area (Å²) in [5.74, 6) is 0.170. The average Bonchev–Trinajstić information content (AvgIpc) is 3.41. The summed E-state index contributed by atoms with van der Waals surface area (Å²) < 4.78 is 35.6. The van der Waals surface area contributed by atoms with E-state index in [1.807, 2.05) is 6.92 Å². The van der Waals surface area contributed by atoms with Crippen molar-refractivity contribution >= 4 is 11.6 Å². The number of hydrogen-bond donors (Lipinski definition) is 3. The Bertz CT molecular complexity index is 1270. The van der Waals surface area contributed by atoms with Crippen LogP contribution in [0.25, 0.3) is 5.69 Å². The molecule has 0 saturated carbocycles. The zero-order chi connectivity index (χ0) is 23.2. The van der Waals surface area contributed by atoms with Crippen LogP contribution in [-0.4, -0.2) is 33.0 Å². The molecule has 0 fully saturated rings. The number of benzene rings is 2. The van der Waals surface area contributed by atoms with Crippen LogP contribution in [0.1, 0.15) is 30.8 Å². The first-order valence-electron chi connectivity index (χ1n) is 10.6. The van der Waals surface area contributed by atoms with Gasteiger partial charge < -0.3 is 21.1 Å². The second-order valence-electron chi connectivity index (χ2n) is 8.01. The van der Waals surface area contributed by atoms with Gasteiger partial charge in [0.2, 0.25) is 5.96 Å². The van der Waals surface area contributed by atoms with Crippen molar-refractivity contribution in [3.8, 4) is 5.69 Å². The summed E-state index contributed by atoms with van der Waals surface area (Å²) >= 11 is 0. The van der Waals surface area contributed by atoms with Gasteiger partial charge in [0.25, 0.3) is 0 Å². The minimum atomic E-state index is -0.978. The van der Waals surface area contributed by atoms with Crippen LogP contribution in [-0.2, 0) is 4.74 Å². The Labute approximate surface area is 189 Å². The van der Waals surface area contributed by atoms with Crippen LogP contribution in [0.15, 0.2) is 65.1 Å². The Morgan fingerprint density at radius 1 is 1.24 bits per heavy atom. The van der Waals surface area contributed by atoms with Crippen LogP contribution in [0.4, 0.5) is 14.5 Å². The van der Waals surface area contributed by atoms with Crippen molar-refractivity contribution in [2.45, 2.75) is 32.0 Å². The number of ether oxygens (including phenoxy) is 1. The molecule has 8 nitrogen and oxygen atoms in total. The quantitative estimate of drug-likeness (QED) is 0.563. The van der Waals surface area contributed by atoms with Crippen LogP contribution < -0.4 is 16.4 Å². The van der Waals surface area contributed by atoms with Crippen molar-refractivity contribution in [1.82, 2.24) is 20.1 Å². The number of halogens is 2. The normalized spacial score (nSPS) is 22.1. The second kappa shape index (κ2) is 8.05. The molecule has 2 aliphatic rings. The predicted octanol–water partition coefficient (Wildman–Crippen LogP) is 3.32. The van der Waals surface area contributed by atoms with Gasteiger partial charge in [0, 0.05) is 11.3 Å². The van der Waals surface area contributed by atoms with E-state index >= 15 is 0 Å². The highest BCUT2D eigenvalue weighted by Gasteiger charge is 2.42. The molecule has 0 amide bonds. The van der Waals surface area contributed by atoms with E-state index in [1.165, 1.54) is 29.2 Å². The SMILES string of the molecule is CCC1(N)N=C(Nc2ccc(-n3ncnc3C)c(F)c2)NC2=C1COC2c1ccc(F)cc1. The van der Waals surface area contributed by atoms with E-state index in [0.29, 0.717) is 36.2 Å². The molecule has 2 unspecified atom stereocenters.